The van der Waals surface area contributed by atoms with E-state index in [1.807, 2.05) is 6.92 Å². The first-order valence-electron chi connectivity index (χ1n) is 9.46. The Labute approximate surface area is 168 Å². The maximum atomic E-state index is 14.5. The zero-order chi connectivity index (χ0) is 20.8. The van der Waals surface area contributed by atoms with Crippen LogP contribution in [-0.2, 0) is 14.6 Å². The molecule has 0 amide bonds. The van der Waals surface area contributed by atoms with Crippen LogP contribution in [0.25, 0.3) is 16.7 Å². The molecule has 2 N–H and O–H groups in total. The van der Waals surface area contributed by atoms with Crippen LogP contribution in [0.2, 0.25) is 0 Å². The van der Waals surface area contributed by atoms with Gasteiger partial charge in [0.25, 0.3) is 0 Å². The topological polar surface area (TPSA) is 102 Å². The molecule has 1 fully saturated rings. The molecular formula is C19H24FN5O3S. The lowest BCUT2D eigenvalue weighted by molar-refractivity contribution is -0.0138. The summed E-state index contributed by atoms with van der Waals surface area (Å²) >= 11 is 0. The SMILES string of the molecule is COC1C(C)CNC(CS(=O)(=O)c2nc3cc(-n4ccnc4)c(F)cc3[nH]2)C1C. The number of hydrogen-bond acceptors (Lipinski definition) is 6. The van der Waals surface area contributed by atoms with Crippen LogP contribution < -0.4 is 5.32 Å². The zero-order valence-corrected chi connectivity index (χ0v) is 17.3. The van der Waals surface area contributed by atoms with Crippen molar-refractivity contribution in [2.45, 2.75) is 31.1 Å². The van der Waals surface area contributed by atoms with Crippen molar-refractivity contribution in [3.63, 3.8) is 0 Å². The molecule has 29 heavy (non-hydrogen) atoms. The Balaban J connectivity index is 1.63. The number of rotatable bonds is 5. The second-order valence-electron chi connectivity index (χ2n) is 7.67. The number of piperidine rings is 1. The van der Waals surface area contributed by atoms with Crippen molar-refractivity contribution < 1.29 is 17.5 Å². The fourth-order valence-electron chi connectivity index (χ4n) is 4.10. The number of halogens is 1. The molecule has 1 saturated heterocycles. The maximum Gasteiger partial charge on any atom is 0.226 e. The van der Waals surface area contributed by atoms with Crippen molar-refractivity contribution in [1.29, 1.82) is 0 Å². The number of nitrogens with one attached hydrogen (secondary N) is 2. The molecule has 1 aliphatic heterocycles. The smallest absolute Gasteiger partial charge is 0.226 e. The van der Waals surface area contributed by atoms with Crippen LogP contribution in [0.15, 0.2) is 36.0 Å². The van der Waals surface area contributed by atoms with Crippen LogP contribution in [0.3, 0.4) is 0 Å². The number of aromatic amines is 1. The highest BCUT2D eigenvalue weighted by molar-refractivity contribution is 7.91. The Morgan fingerprint density at radius 3 is 2.83 bits per heavy atom. The van der Waals surface area contributed by atoms with Gasteiger partial charge < -0.3 is 19.6 Å². The molecular weight excluding hydrogens is 397 g/mol. The summed E-state index contributed by atoms with van der Waals surface area (Å²) in [5.41, 5.74) is 0.963. The van der Waals surface area contributed by atoms with E-state index in [9.17, 15) is 12.8 Å². The summed E-state index contributed by atoms with van der Waals surface area (Å²) in [5, 5.41) is 3.15. The van der Waals surface area contributed by atoms with E-state index >= 15 is 0 Å². The highest BCUT2D eigenvalue weighted by Gasteiger charge is 2.37. The van der Waals surface area contributed by atoms with E-state index in [4.69, 9.17) is 4.74 Å². The number of methoxy groups -OCH3 is 1. The van der Waals surface area contributed by atoms with E-state index in [0.29, 0.717) is 23.5 Å². The molecule has 3 heterocycles. The molecule has 4 unspecified atom stereocenters. The number of sulfone groups is 1. The van der Waals surface area contributed by atoms with E-state index in [2.05, 4.69) is 27.2 Å². The monoisotopic (exact) mass is 421 g/mol. The molecule has 0 radical (unpaired) electrons. The zero-order valence-electron chi connectivity index (χ0n) is 16.5. The normalized spacial score (nSPS) is 25.5. The van der Waals surface area contributed by atoms with Crippen molar-refractivity contribution in [2.24, 2.45) is 11.8 Å². The first kappa shape index (κ1) is 20.0. The second-order valence-corrected chi connectivity index (χ2v) is 9.62. The quantitative estimate of drug-likeness (QED) is 0.653. The lowest BCUT2D eigenvalue weighted by Gasteiger charge is -2.39. The van der Waals surface area contributed by atoms with E-state index < -0.39 is 15.7 Å². The number of aromatic nitrogens is 4. The highest BCUT2D eigenvalue weighted by atomic mass is 32.2. The fourth-order valence-corrected chi connectivity index (χ4v) is 5.66. The van der Waals surface area contributed by atoms with Gasteiger partial charge in [-0.2, -0.15) is 0 Å². The Hall–Kier alpha value is -2.30. The van der Waals surface area contributed by atoms with Gasteiger partial charge in [-0.3, -0.25) is 0 Å². The first-order chi connectivity index (χ1) is 13.8. The number of imidazole rings is 2. The molecule has 0 aliphatic carbocycles. The van der Waals surface area contributed by atoms with Gasteiger partial charge in [-0.15, -0.1) is 0 Å². The molecule has 0 spiro atoms. The average molecular weight is 421 g/mol. The largest absolute Gasteiger partial charge is 0.381 e. The molecule has 1 aromatic carbocycles. The van der Waals surface area contributed by atoms with Gasteiger partial charge in [0.2, 0.25) is 15.0 Å². The summed E-state index contributed by atoms with van der Waals surface area (Å²) in [6.07, 6.45) is 4.60. The van der Waals surface area contributed by atoms with Crippen LogP contribution >= 0.6 is 0 Å². The second kappa shape index (κ2) is 7.51. The number of H-pyrrole nitrogens is 1. The molecule has 4 atom stereocenters. The van der Waals surface area contributed by atoms with Crippen molar-refractivity contribution in [2.75, 3.05) is 19.4 Å². The number of fused-ring (bicyclic) bond motifs is 1. The van der Waals surface area contributed by atoms with Gasteiger partial charge >= 0.3 is 0 Å². The van der Waals surface area contributed by atoms with Gasteiger partial charge in [-0.25, -0.2) is 22.8 Å². The van der Waals surface area contributed by atoms with E-state index in [0.717, 1.165) is 0 Å². The van der Waals surface area contributed by atoms with Gasteiger partial charge in [-0.05, 0) is 17.9 Å². The fraction of sp³-hybridized carbons (Fsp3) is 0.474. The summed E-state index contributed by atoms with van der Waals surface area (Å²) in [6.45, 7) is 4.75. The molecule has 1 aliphatic rings. The molecule has 0 bridgehead atoms. The van der Waals surface area contributed by atoms with Crippen LogP contribution in [-0.4, -0.2) is 59.5 Å². The van der Waals surface area contributed by atoms with Gasteiger partial charge in [0.05, 0.1) is 34.9 Å². The third kappa shape index (κ3) is 3.67. The Bertz CT molecular complexity index is 1110. The summed E-state index contributed by atoms with van der Waals surface area (Å²) in [7, 11) is -2.06. The first-order valence-corrected chi connectivity index (χ1v) is 11.1. The number of hydrogen-bond donors (Lipinski definition) is 2. The predicted molar refractivity (Wildman–Crippen MR) is 106 cm³/mol. The third-order valence-corrected chi connectivity index (χ3v) is 7.27. The van der Waals surface area contributed by atoms with Gasteiger partial charge in [-0.1, -0.05) is 13.8 Å². The summed E-state index contributed by atoms with van der Waals surface area (Å²) in [4.78, 5) is 10.9. The molecule has 2 aromatic heterocycles. The Kier molecular flexibility index (Phi) is 5.18. The molecule has 0 saturated carbocycles. The highest BCUT2D eigenvalue weighted by Crippen LogP contribution is 2.27. The third-order valence-electron chi connectivity index (χ3n) is 5.69. The van der Waals surface area contributed by atoms with Crippen LogP contribution in [0, 0.1) is 17.7 Å². The summed E-state index contributed by atoms with van der Waals surface area (Å²) < 4.78 is 47.6. The van der Waals surface area contributed by atoms with E-state index in [1.165, 1.54) is 29.2 Å². The van der Waals surface area contributed by atoms with Gasteiger partial charge in [0, 0.05) is 38.2 Å². The number of ether oxygens (including phenoxy) is 1. The number of nitrogens with zero attached hydrogens (tertiary/aromatic N) is 3. The molecule has 10 heteroatoms. The number of benzene rings is 1. The average Bonchev–Trinajstić information content (AvgIpc) is 3.33. The predicted octanol–water partition coefficient (Wildman–Crippen LogP) is 1.92. The minimum Gasteiger partial charge on any atom is -0.381 e. The minimum atomic E-state index is -3.71. The Morgan fingerprint density at radius 1 is 1.34 bits per heavy atom. The molecule has 8 nitrogen and oxygen atoms in total. The molecule has 3 aromatic rings. The van der Waals surface area contributed by atoms with Crippen molar-refractivity contribution in [3.05, 3.63) is 36.7 Å². The van der Waals surface area contributed by atoms with Gasteiger partial charge in [0.15, 0.2) is 0 Å². The molecule has 4 rings (SSSR count). The van der Waals surface area contributed by atoms with Crippen molar-refractivity contribution in [3.8, 4) is 5.69 Å². The minimum absolute atomic E-state index is 0.0149. The van der Waals surface area contributed by atoms with Crippen LogP contribution in [0.4, 0.5) is 4.39 Å². The standard InChI is InChI=1S/C19H24FN5O3S/c1-11-8-22-16(12(2)18(11)28-3)9-29(26,27)19-23-14-6-13(20)17(7-15(14)24-19)25-5-4-21-10-25/h4-7,10-12,16,18,22H,8-9H2,1-3H3,(H,23,24). The van der Waals surface area contributed by atoms with Crippen molar-refractivity contribution >= 4 is 20.9 Å². The van der Waals surface area contributed by atoms with Crippen LogP contribution in [0.5, 0.6) is 0 Å². The van der Waals surface area contributed by atoms with Crippen molar-refractivity contribution in [1.82, 2.24) is 24.8 Å². The Morgan fingerprint density at radius 2 is 2.14 bits per heavy atom. The van der Waals surface area contributed by atoms with E-state index in [-0.39, 0.29) is 34.7 Å². The van der Waals surface area contributed by atoms with E-state index in [1.54, 1.807) is 13.3 Å². The lowest BCUT2D eigenvalue weighted by atomic mass is 9.84. The van der Waals surface area contributed by atoms with Crippen LogP contribution in [0.1, 0.15) is 13.8 Å². The van der Waals surface area contributed by atoms with Gasteiger partial charge in [0.1, 0.15) is 5.82 Å². The summed E-state index contributed by atoms with van der Waals surface area (Å²) in [6, 6.07) is 2.50. The maximum absolute atomic E-state index is 14.5. The lowest BCUT2D eigenvalue weighted by Crippen LogP contribution is -2.55. The summed E-state index contributed by atoms with van der Waals surface area (Å²) in [5.74, 6) is -0.294. The molecule has 156 valence electrons.